The van der Waals surface area contributed by atoms with Crippen molar-refractivity contribution in [3.05, 3.63) is 22.3 Å². The lowest BCUT2D eigenvalue weighted by molar-refractivity contribution is -0.132. The summed E-state index contributed by atoms with van der Waals surface area (Å²) in [7, 11) is 3.08. The van der Waals surface area contributed by atoms with Crippen LogP contribution in [-0.2, 0) is 9.59 Å². The van der Waals surface area contributed by atoms with Gasteiger partial charge in [0.1, 0.15) is 0 Å². The van der Waals surface area contributed by atoms with Crippen LogP contribution in [0, 0.1) is 0 Å². The molecule has 7 nitrogen and oxygen atoms in total. The zero-order chi connectivity index (χ0) is 16.3. The van der Waals surface area contributed by atoms with Crippen LogP contribution < -0.4 is 5.32 Å². The van der Waals surface area contributed by atoms with Gasteiger partial charge in [0.05, 0.1) is 22.3 Å². The zero-order valence-electron chi connectivity index (χ0n) is 11.8. The number of amides is 2. The van der Waals surface area contributed by atoms with E-state index in [0.29, 0.717) is 20.8 Å². The minimum absolute atomic E-state index is 0.00807. The fourth-order valence-corrected chi connectivity index (χ4v) is 2.98. The summed E-state index contributed by atoms with van der Waals surface area (Å²) in [4.78, 5) is 24.6. The first-order chi connectivity index (χ1) is 10.4. The summed E-state index contributed by atoms with van der Waals surface area (Å²) in [6, 6.07) is 1.57. The van der Waals surface area contributed by atoms with Gasteiger partial charge in [-0.25, -0.2) is 0 Å². The molecule has 2 rings (SSSR count). The highest BCUT2D eigenvalue weighted by molar-refractivity contribution is 7.99. The maximum atomic E-state index is 12.0. The van der Waals surface area contributed by atoms with Gasteiger partial charge in [0, 0.05) is 20.3 Å². The number of nitrogens with zero attached hydrogens (tertiary/aromatic N) is 4. The van der Waals surface area contributed by atoms with E-state index in [1.807, 2.05) is 0 Å². The van der Waals surface area contributed by atoms with Crippen LogP contribution in [0.5, 0.6) is 0 Å². The minimum Gasteiger partial charge on any atom is -0.358 e. The largest absolute Gasteiger partial charge is 0.358 e. The molecule has 1 N–H and O–H groups in total. The van der Waals surface area contributed by atoms with E-state index in [9.17, 15) is 9.59 Å². The third-order valence-electron chi connectivity index (χ3n) is 2.81. The lowest BCUT2D eigenvalue weighted by Crippen LogP contribution is -2.37. The van der Waals surface area contributed by atoms with E-state index < -0.39 is 0 Å². The lowest BCUT2D eigenvalue weighted by Gasteiger charge is -2.15. The molecule has 0 aromatic carbocycles. The fourth-order valence-electron chi connectivity index (χ4n) is 1.62. The molecule has 0 saturated carbocycles. The summed E-state index contributed by atoms with van der Waals surface area (Å²) in [6.45, 7) is 0.00807. The molecule has 0 fully saturated rings. The fraction of sp³-hybridized carbons (Fsp3) is 0.333. The van der Waals surface area contributed by atoms with Crippen LogP contribution in [0.4, 0.5) is 0 Å². The molecule has 2 heterocycles. The van der Waals surface area contributed by atoms with Crippen molar-refractivity contribution in [2.45, 2.75) is 5.16 Å². The third-order valence-corrected chi connectivity index (χ3v) is 4.22. The molecule has 118 valence electrons. The molecule has 2 aromatic heterocycles. The Morgan fingerprint density at radius 1 is 1.41 bits per heavy atom. The van der Waals surface area contributed by atoms with Gasteiger partial charge in [-0.1, -0.05) is 35.0 Å². The van der Waals surface area contributed by atoms with Crippen LogP contribution in [0.1, 0.15) is 0 Å². The number of halogens is 2. The number of aromatic nitrogens is 3. The molecule has 0 saturated heterocycles. The first-order valence-corrected chi connectivity index (χ1v) is 7.93. The SMILES string of the molecule is CNC(=O)CN(C)C(=O)CSc1nnc2c(Cl)cc(Cl)cn12. The van der Waals surface area contributed by atoms with Crippen LogP contribution in [0.2, 0.25) is 10.0 Å². The predicted octanol–water partition coefficient (Wildman–Crippen LogP) is 1.33. The summed E-state index contributed by atoms with van der Waals surface area (Å²) in [6.07, 6.45) is 1.63. The van der Waals surface area contributed by atoms with E-state index in [2.05, 4.69) is 15.5 Å². The van der Waals surface area contributed by atoms with Crippen LogP contribution in [-0.4, -0.2) is 57.7 Å². The number of rotatable bonds is 5. The van der Waals surface area contributed by atoms with Crippen molar-refractivity contribution >= 4 is 52.4 Å². The molecule has 2 aromatic rings. The Bertz CT molecular complexity index is 721. The number of hydrogen-bond acceptors (Lipinski definition) is 5. The first kappa shape index (κ1) is 16.9. The highest BCUT2D eigenvalue weighted by Crippen LogP contribution is 2.25. The highest BCUT2D eigenvalue weighted by Gasteiger charge is 2.15. The standard InChI is InChI=1S/C12H13Cl2N5O2S/c1-15-9(20)5-18(2)10(21)6-22-12-17-16-11-8(14)3-7(13)4-19(11)12/h3-4H,5-6H2,1-2H3,(H,15,20). The summed E-state index contributed by atoms with van der Waals surface area (Å²) < 4.78 is 1.63. The molecular formula is C12H13Cl2N5O2S. The Morgan fingerprint density at radius 3 is 2.82 bits per heavy atom. The van der Waals surface area contributed by atoms with Gasteiger partial charge in [-0.05, 0) is 6.07 Å². The van der Waals surface area contributed by atoms with Crippen molar-refractivity contribution in [2.24, 2.45) is 0 Å². The molecule has 0 aliphatic carbocycles. The molecule has 0 aliphatic rings. The molecule has 0 spiro atoms. The van der Waals surface area contributed by atoms with Gasteiger partial charge in [-0.15, -0.1) is 10.2 Å². The van der Waals surface area contributed by atoms with E-state index in [1.54, 1.807) is 23.7 Å². The van der Waals surface area contributed by atoms with E-state index in [-0.39, 0.29) is 24.1 Å². The number of fused-ring (bicyclic) bond motifs is 1. The number of likely N-dealkylation sites (N-methyl/N-ethyl adjacent to an activating group) is 2. The summed E-state index contributed by atoms with van der Waals surface area (Å²) in [5, 5.41) is 11.7. The second-order valence-corrected chi connectivity index (χ2v) is 6.18. The summed E-state index contributed by atoms with van der Waals surface area (Å²) in [5.41, 5.74) is 0.472. The number of nitrogens with one attached hydrogen (secondary N) is 1. The average Bonchev–Trinajstić information content (AvgIpc) is 2.87. The van der Waals surface area contributed by atoms with Crippen molar-refractivity contribution in [1.82, 2.24) is 24.8 Å². The van der Waals surface area contributed by atoms with Crippen LogP contribution in [0.25, 0.3) is 5.65 Å². The number of carbonyl (C=O) groups excluding carboxylic acids is 2. The predicted molar refractivity (Wildman–Crippen MR) is 85.4 cm³/mol. The number of thioether (sulfide) groups is 1. The monoisotopic (exact) mass is 361 g/mol. The highest BCUT2D eigenvalue weighted by atomic mass is 35.5. The third kappa shape index (κ3) is 3.82. The molecule has 0 aliphatic heterocycles. The number of hydrogen-bond donors (Lipinski definition) is 1. The molecule has 0 bridgehead atoms. The number of carbonyl (C=O) groups is 2. The molecule has 2 amide bonds. The van der Waals surface area contributed by atoms with E-state index in [1.165, 1.54) is 23.7 Å². The smallest absolute Gasteiger partial charge is 0.239 e. The maximum absolute atomic E-state index is 12.0. The molecule has 0 atom stereocenters. The zero-order valence-corrected chi connectivity index (χ0v) is 14.2. The Labute approximate surface area is 141 Å². The quantitative estimate of drug-likeness (QED) is 0.812. The van der Waals surface area contributed by atoms with E-state index in [4.69, 9.17) is 23.2 Å². The van der Waals surface area contributed by atoms with Gasteiger partial charge in [0.2, 0.25) is 11.8 Å². The van der Waals surface area contributed by atoms with Gasteiger partial charge >= 0.3 is 0 Å². The maximum Gasteiger partial charge on any atom is 0.239 e. The molecule has 0 unspecified atom stereocenters. The second kappa shape index (κ2) is 7.17. The summed E-state index contributed by atoms with van der Waals surface area (Å²) >= 11 is 13.2. The topological polar surface area (TPSA) is 79.6 Å². The van der Waals surface area contributed by atoms with Crippen LogP contribution in [0.3, 0.4) is 0 Å². The Hall–Kier alpha value is -1.51. The normalized spacial score (nSPS) is 10.7. The van der Waals surface area contributed by atoms with Gasteiger partial charge in [0.15, 0.2) is 10.8 Å². The van der Waals surface area contributed by atoms with Crippen molar-refractivity contribution in [2.75, 3.05) is 26.4 Å². The van der Waals surface area contributed by atoms with Gasteiger partial charge in [0.25, 0.3) is 0 Å². The Kier molecular flexibility index (Phi) is 5.49. The van der Waals surface area contributed by atoms with Gasteiger partial charge < -0.3 is 10.2 Å². The van der Waals surface area contributed by atoms with Crippen molar-refractivity contribution in [3.8, 4) is 0 Å². The molecule has 0 radical (unpaired) electrons. The number of pyridine rings is 1. The Morgan fingerprint density at radius 2 is 2.14 bits per heavy atom. The average molecular weight is 362 g/mol. The lowest BCUT2D eigenvalue weighted by atomic mass is 10.5. The van der Waals surface area contributed by atoms with Crippen molar-refractivity contribution in [3.63, 3.8) is 0 Å². The molecule has 22 heavy (non-hydrogen) atoms. The van der Waals surface area contributed by atoms with E-state index >= 15 is 0 Å². The van der Waals surface area contributed by atoms with Crippen LogP contribution in [0.15, 0.2) is 17.4 Å². The van der Waals surface area contributed by atoms with Gasteiger partial charge in [-0.2, -0.15) is 0 Å². The molecular weight excluding hydrogens is 349 g/mol. The second-order valence-electron chi connectivity index (χ2n) is 4.39. The van der Waals surface area contributed by atoms with Crippen molar-refractivity contribution < 1.29 is 9.59 Å². The van der Waals surface area contributed by atoms with Crippen LogP contribution >= 0.6 is 35.0 Å². The van der Waals surface area contributed by atoms with Crippen molar-refractivity contribution in [1.29, 1.82) is 0 Å². The molecule has 10 heteroatoms. The summed E-state index contributed by atoms with van der Waals surface area (Å²) in [5.74, 6) is -0.302. The Balaban J connectivity index is 2.06. The first-order valence-electron chi connectivity index (χ1n) is 6.19. The van der Waals surface area contributed by atoms with E-state index in [0.717, 1.165) is 0 Å². The minimum atomic E-state index is -0.229. The van der Waals surface area contributed by atoms with Gasteiger partial charge in [-0.3, -0.25) is 14.0 Å².